The Morgan fingerprint density at radius 1 is 1.62 bits per heavy atom. The highest BCUT2D eigenvalue weighted by Gasteiger charge is 2.01. The number of H-pyrrole nitrogens is 1. The lowest BCUT2D eigenvalue weighted by Crippen LogP contribution is -2.07. The van der Waals surface area contributed by atoms with E-state index in [-0.39, 0.29) is 12.3 Å². The van der Waals surface area contributed by atoms with Crippen molar-refractivity contribution in [2.45, 2.75) is 20.3 Å². The molecule has 0 aliphatic rings. The number of hydrogen-bond donors (Lipinski definition) is 2. The molecule has 0 saturated carbocycles. The first-order chi connectivity index (χ1) is 6.11. The number of nitrogens with one attached hydrogen (secondary N) is 1. The van der Waals surface area contributed by atoms with Crippen LogP contribution in [0.3, 0.4) is 0 Å². The molecule has 0 saturated heterocycles. The minimum atomic E-state index is -0.324. The molecule has 70 valence electrons. The number of hydrogen-bond acceptors (Lipinski definition) is 2. The smallest absolute Gasteiger partial charge is 0.221 e. The molecule has 0 fully saturated rings. The summed E-state index contributed by atoms with van der Waals surface area (Å²) in [5.74, 6) is -0.324. The molecule has 4 heteroatoms. The van der Waals surface area contributed by atoms with Gasteiger partial charge in [-0.2, -0.15) is 5.10 Å². The quantitative estimate of drug-likeness (QED) is 0.724. The van der Waals surface area contributed by atoms with Gasteiger partial charge in [-0.05, 0) is 13.8 Å². The van der Waals surface area contributed by atoms with Gasteiger partial charge in [0.25, 0.3) is 0 Å². The second-order valence-corrected chi connectivity index (χ2v) is 2.92. The van der Waals surface area contributed by atoms with E-state index in [1.54, 1.807) is 6.08 Å². The van der Waals surface area contributed by atoms with Gasteiger partial charge < -0.3 is 5.73 Å². The molecule has 0 spiro atoms. The molecule has 1 rings (SSSR count). The zero-order valence-corrected chi connectivity index (χ0v) is 7.79. The fourth-order valence-corrected chi connectivity index (χ4v) is 1.10. The highest BCUT2D eigenvalue weighted by atomic mass is 16.1. The highest BCUT2D eigenvalue weighted by Crippen LogP contribution is 2.11. The number of primary amides is 1. The van der Waals surface area contributed by atoms with Gasteiger partial charge in [0.05, 0.1) is 5.69 Å². The molecule has 0 atom stereocenters. The molecule has 1 heterocycles. The number of amides is 1. The maximum atomic E-state index is 10.4. The summed E-state index contributed by atoms with van der Waals surface area (Å²) in [6.45, 7) is 3.84. The first kappa shape index (κ1) is 9.51. The van der Waals surface area contributed by atoms with E-state index in [1.165, 1.54) is 0 Å². The second-order valence-electron chi connectivity index (χ2n) is 2.92. The Morgan fingerprint density at radius 2 is 2.31 bits per heavy atom. The molecule has 3 N–H and O–H groups in total. The zero-order valence-electron chi connectivity index (χ0n) is 7.79. The van der Waals surface area contributed by atoms with Crippen molar-refractivity contribution in [2.75, 3.05) is 0 Å². The van der Waals surface area contributed by atoms with Gasteiger partial charge in [-0.3, -0.25) is 9.89 Å². The van der Waals surface area contributed by atoms with Gasteiger partial charge in [0.2, 0.25) is 5.91 Å². The van der Waals surface area contributed by atoms with Crippen LogP contribution in [0.15, 0.2) is 6.08 Å². The summed E-state index contributed by atoms with van der Waals surface area (Å²) in [5, 5.41) is 6.88. The van der Waals surface area contributed by atoms with Gasteiger partial charge in [-0.25, -0.2) is 0 Å². The summed E-state index contributed by atoms with van der Waals surface area (Å²) in [7, 11) is 0. The molecule has 0 aromatic carbocycles. The van der Waals surface area contributed by atoms with Crippen molar-refractivity contribution in [3.8, 4) is 0 Å². The van der Waals surface area contributed by atoms with Crippen molar-refractivity contribution in [2.24, 2.45) is 5.73 Å². The normalized spacial score (nSPS) is 10.9. The third-order valence-electron chi connectivity index (χ3n) is 1.79. The lowest BCUT2D eigenvalue weighted by molar-refractivity contribution is -0.117. The van der Waals surface area contributed by atoms with E-state index in [2.05, 4.69) is 10.2 Å². The number of nitrogens with zero attached hydrogens (tertiary/aromatic N) is 1. The van der Waals surface area contributed by atoms with Gasteiger partial charge in [0.15, 0.2) is 0 Å². The van der Waals surface area contributed by atoms with Crippen LogP contribution in [0, 0.1) is 13.8 Å². The van der Waals surface area contributed by atoms with Crippen LogP contribution in [0.5, 0.6) is 0 Å². The summed E-state index contributed by atoms with van der Waals surface area (Å²) >= 11 is 0. The lowest BCUT2D eigenvalue weighted by atomic mass is 10.2. The molecule has 0 radical (unpaired) electrons. The second kappa shape index (κ2) is 3.89. The van der Waals surface area contributed by atoms with Gasteiger partial charge in [-0.15, -0.1) is 0 Å². The van der Waals surface area contributed by atoms with Crippen LogP contribution in [0.25, 0.3) is 6.08 Å². The summed E-state index contributed by atoms with van der Waals surface area (Å²) in [6.07, 6.45) is 3.87. The summed E-state index contributed by atoms with van der Waals surface area (Å²) < 4.78 is 0. The van der Waals surface area contributed by atoms with Crippen LogP contribution in [0.2, 0.25) is 0 Å². The molecule has 0 unspecified atom stereocenters. The van der Waals surface area contributed by atoms with Gasteiger partial charge in [0.1, 0.15) is 0 Å². The van der Waals surface area contributed by atoms with Crippen molar-refractivity contribution in [1.29, 1.82) is 0 Å². The summed E-state index contributed by atoms with van der Waals surface area (Å²) in [5.41, 5.74) is 7.95. The molecule has 4 nitrogen and oxygen atoms in total. The summed E-state index contributed by atoms with van der Waals surface area (Å²) in [4.78, 5) is 10.4. The number of nitrogens with two attached hydrogens (primary N) is 1. The lowest BCUT2D eigenvalue weighted by Gasteiger charge is -1.90. The van der Waals surface area contributed by atoms with E-state index in [0.717, 1.165) is 17.0 Å². The fourth-order valence-electron chi connectivity index (χ4n) is 1.10. The van der Waals surface area contributed by atoms with Crippen LogP contribution in [0.4, 0.5) is 0 Å². The van der Waals surface area contributed by atoms with Crippen LogP contribution in [0.1, 0.15) is 23.4 Å². The van der Waals surface area contributed by atoms with Crippen molar-refractivity contribution < 1.29 is 4.79 Å². The van der Waals surface area contributed by atoms with Crippen molar-refractivity contribution in [3.05, 3.63) is 23.0 Å². The molecule has 0 bridgehead atoms. The van der Waals surface area contributed by atoms with Crippen molar-refractivity contribution in [3.63, 3.8) is 0 Å². The van der Waals surface area contributed by atoms with Crippen LogP contribution in [-0.4, -0.2) is 16.1 Å². The fraction of sp³-hybridized carbons (Fsp3) is 0.333. The number of rotatable bonds is 3. The third kappa shape index (κ3) is 2.43. The average molecular weight is 179 g/mol. The Kier molecular flexibility index (Phi) is 2.84. The standard InChI is InChI=1S/C9H13N3O/c1-6-8(7(2)12-11-6)4-3-5-9(10)13/h3-4H,5H2,1-2H3,(H2,10,13)(H,11,12). The predicted octanol–water partition coefficient (Wildman–Crippen LogP) is 0.915. The molecule has 1 aromatic rings. The maximum Gasteiger partial charge on any atom is 0.221 e. The molecular weight excluding hydrogens is 166 g/mol. The number of carbonyl (C=O) groups is 1. The van der Waals surface area contributed by atoms with Crippen molar-refractivity contribution >= 4 is 12.0 Å². The van der Waals surface area contributed by atoms with E-state index < -0.39 is 0 Å². The first-order valence-electron chi connectivity index (χ1n) is 4.07. The SMILES string of the molecule is Cc1n[nH]c(C)c1C=CCC(N)=O. The largest absolute Gasteiger partial charge is 0.369 e. The van der Waals surface area contributed by atoms with Crippen molar-refractivity contribution in [1.82, 2.24) is 10.2 Å². The van der Waals surface area contributed by atoms with E-state index >= 15 is 0 Å². The number of aromatic nitrogens is 2. The Morgan fingerprint density at radius 3 is 2.77 bits per heavy atom. The predicted molar refractivity (Wildman–Crippen MR) is 50.9 cm³/mol. The minimum Gasteiger partial charge on any atom is -0.369 e. The Hall–Kier alpha value is -1.58. The average Bonchev–Trinajstić information content (AvgIpc) is 2.34. The molecule has 0 aliphatic heterocycles. The third-order valence-corrected chi connectivity index (χ3v) is 1.79. The Balaban J connectivity index is 2.73. The summed E-state index contributed by atoms with van der Waals surface area (Å²) in [6, 6.07) is 0. The minimum absolute atomic E-state index is 0.268. The number of carbonyl (C=O) groups excluding carboxylic acids is 1. The van der Waals surface area contributed by atoms with E-state index in [9.17, 15) is 4.79 Å². The Bertz CT molecular complexity index is 319. The van der Waals surface area contributed by atoms with Crippen LogP contribution in [-0.2, 0) is 4.79 Å². The number of aromatic amines is 1. The maximum absolute atomic E-state index is 10.4. The van der Waals surface area contributed by atoms with Gasteiger partial charge in [-0.1, -0.05) is 12.2 Å². The van der Waals surface area contributed by atoms with E-state index in [1.807, 2.05) is 19.9 Å². The van der Waals surface area contributed by atoms with E-state index in [0.29, 0.717) is 0 Å². The number of aryl methyl sites for hydroxylation is 2. The molecule has 1 aromatic heterocycles. The van der Waals surface area contributed by atoms with E-state index in [4.69, 9.17) is 5.73 Å². The molecule has 0 aliphatic carbocycles. The Labute approximate surface area is 76.8 Å². The van der Waals surface area contributed by atoms with Crippen LogP contribution < -0.4 is 5.73 Å². The van der Waals surface area contributed by atoms with Crippen LogP contribution >= 0.6 is 0 Å². The topological polar surface area (TPSA) is 71.8 Å². The monoisotopic (exact) mass is 179 g/mol. The first-order valence-corrected chi connectivity index (χ1v) is 4.07. The molecule has 1 amide bonds. The van der Waals surface area contributed by atoms with Gasteiger partial charge in [0, 0.05) is 17.7 Å². The van der Waals surface area contributed by atoms with Gasteiger partial charge >= 0.3 is 0 Å². The zero-order chi connectivity index (χ0) is 9.84. The molecular formula is C9H13N3O. The highest BCUT2D eigenvalue weighted by molar-refractivity contribution is 5.76. The molecule has 13 heavy (non-hydrogen) atoms.